The summed E-state index contributed by atoms with van der Waals surface area (Å²) < 4.78 is 12.7. The first-order chi connectivity index (χ1) is 15.2. The van der Waals surface area contributed by atoms with E-state index in [1.165, 1.54) is 11.1 Å². The number of aromatic nitrogens is 3. The summed E-state index contributed by atoms with van der Waals surface area (Å²) in [6, 6.07) is 10.0. The smallest absolute Gasteiger partial charge is 0.194 e. The monoisotopic (exact) mass is 420 g/mol. The minimum Gasteiger partial charge on any atom is -0.493 e. The van der Waals surface area contributed by atoms with Gasteiger partial charge >= 0.3 is 0 Å². The van der Waals surface area contributed by atoms with E-state index in [1.807, 2.05) is 24.4 Å². The topological polar surface area (TPSA) is 76.8 Å². The molecule has 4 rings (SSSR count). The van der Waals surface area contributed by atoms with Gasteiger partial charge in [0.2, 0.25) is 0 Å². The second-order valence-corrected chi connectivity index (χ2v) is 7.29. The third-order valence-electron chi connectivity index (χ3n) is 5.31. The van der Waals surface area contributed by atoms with Crippen molar-refractivity contribution in [1.82, 2.24) is 25.0 Å². The predicted molar refractivity (Wildman–Crippen MR) is 120 cm³/mol. The Balaban J connectivity index is 1.53. The van der Waals surface area contributed by atoms with Crippen LogP contribution in [-0.2, 0) is 19.5 Å². The molecule has 0 bridgehead atoms. The van der Waals surface area contributed by atoms with Gasteiger partial charge in [-0.3, -0.25) is 0 Å². The highest BCUT2D eigenvalue weighted by atomic mass is 16.5. The fourth-order valence-corrected chi connectivity index (χ4v) is 3.74. The van der Waals surface area contributed by atoms with Crippen LogP contribution >= 0.6 is 0 Å². The SMILES string of the molecule is CCNC(=NCc1ccnc(-n2cccn2)c1)N1CCc2cc(OC)c(OC)cc2C1. The highest BCUT2D eigenvalue weighted by Crippen LogP contribution is 2.33. The Kier molecular flexibility index (Phi) is 6.35. The Morgan fingerprint density at radius 1 is 1.13 bits per heavy atom. The summed E-state index contributed by atoms with van der Waals surface area (Å²) in [5.74, 6) is 3.23. The maximum atomic E-state index is 5.49. The number of benzene rings is 1. The molecule has 31 heavy (non-hydrogen) atoms. The molecule has 1 N–H and O–H groups in total. The molecular formula is C23H28N6O2. The first-order valence-corrected chi connectivity index (χ1v) is 10.4. The number of pyridine rings is 1. The van der Waals surface area contributed by atoms with Gasteiger partial charge in [-0.15, -0.1) is 0 Å². The number of hydrogen-bond acceptors (Lipinski definition) is 5. The summed E-state index contributed by atoms with van der Waals surface area (Å²) in [5.41, 5.74) is 3.61. The summed E-state index contributed by atoms with van der Waals surface area (Å²) in [6.07, 6.45) is 6.35. The number of fused-ring (bicyclic) bond motifs is 1. The highest BCUT2D eigenvalue weighted by molar-refractivity contribution is 5.80. The Labute approximate surface area is 182 Å². The molecule has 162 valence electrons. The van der Waals surface area contributed by atoms with E-state index in [2.05, 4.69) is 39.4 Å². The largest absolute Gasteiger partial charge is 0.493 e. The van der Waals surface area contributed by atoms with Crippen LogP contribution in [0.3, 0.4) is 0 Å². The van der Waals surface area contributed by atoms with E-state index >= 15 is 0 Å². The van der Waals surface area contributed by atoms with Crippen molar-refractivity contribution in [3.8, 4) is 17.3 Å². The van der Waals surface area contributed by atoms with Crippen LogP contribution in [0.2, 0.25) is 0 Å². The molecule has 3 aromatic rings. The van der Waals surface area contributed by atoms with E-state index in [9.17, 15) is 0 Å². The van der Waals surface area contributed by atoms with Crippen LogP contribution in [0.25, 0.3) is 5.82 Å². The molecule has 0 unspecified atom stereocenters. The summed E-state index contributed by atoms with van der Waals surface area (Å²) in [7, 11) is 3.34. The van der Waals surface area contributed by atoms with Gasteiger partial charge in [0.25, 0.3) is 0 Å². The quantitative estimate of drug-likeness (QED) is 0.488. The lowest BCUT2D eigenvalue weighted by Gasteiger charge is -2.32. The van der Waals surface area contributed by atoms with Crippen LogP contribution in [0, 0.1) is 0 Å². The van der Waals surface area contributed by atoms with E-state index in [0.717, 1.165) is 54.9 Å². The molecule has 0 amide bonds. The van der Waals surface area contributed by atoms with Crippen LogP contribution < -0.4 is 14.8 Å². The van der Waals surface area contributed by atoms with Crippen molar-refractivity contribution in [2.75, 3.05) is 27.3 Å². The second kappa shape index (κ2) is 9.51. The highest BCUT2D eigenvalue weighted by Gasteiger charge is 2.21. The lowest BCUT2D eigenvalue weighted by atomic mass is 9.99. The fourth-order valence-electron chi connectivity index (χ4n) is 3.74. The molecule has 0 radical (unpaired) electrons. The Morgan fingerprint density at radius 2 is 1.94 bits per heavy atom. The van der Waals surface area contributed by atoms with E-state index in [-0.39, 0.29) is 0 Å². The number of aliphatic imine (C=N–C) groups is 1. The number of methoxy groups -OCH3 is 2. The minimum atomic E-state index is 0.564. The first kappa shape index (κ1) is 20.7. The molecule has 8 nitrogen and oxygen atoms in total. The zero-order valence-electron chi connectivity index (χ0n) is 18.2. The van der Waals surface area contributed by atoms with Gasteiger partial charge in [-0.2, -0.15) is 5.10 Å². The van der Waals surface area contributed by atoms with Crippen molar-refractivity contribution >= 4 is 5.96 Å². The molecule has 1 aliphatic rings. The van der Waals surface area contributed by atoms with Crippen LogP contribution in [0.4, 0.5) is 0 Å². The van der Waals surface area contributed by atoms with Crippen molar-refractivity contribution in [2.24, 2.45) is 4.99 Å². The van der Waals surface area contributed by atoms with Crippen LogP contribution in [0.15, 0.2) is 53.9 Å². The average Bonchev–Trinajstić information content (AvgIpc) is 3.36. The molecular weight excluding hydrogens is 392 g/mol. The molecule has 0 atom stereocenters. The zero-order chi connectivity index (χ0) is 21.6. The number of nitrogens with one attached hydrogen (secondary N) is 1. The fraction of sp³-hybridized carbons (Fsp3) is 0.348. The molecule has 0 spiro atoms. The maximum absolute atomic E-state index is 5.49. The van der Waals surface area contributed by atoms with Crippen LogP contribution in [0.5, 0.6) is 11.5 Å². The van der Waals surface area contributed by atoms with Gasteiger partial charge in [-0.1, -0.05) is 0 Å². The van der Waals surface area contributed by atoms with E-state index in [1.54, 1.807) is 31.3 Å². The molecule has 0 aliphatic carbocycles. The Bertz CT molecular complexity index is 1050. The summed E-state index contributed by atoms with van der Waals surface area (Å²) >= 11 is 0. The van der Waals surface area contributed by atoms with Gasteiger partial charge < -0.3 is 19.7 Å². The molecule has 3 heterocycles. The van der Waals surface area contributed by atoms with Gasteiger partial charge in [0, 0.05) is 38.2 Å². The van der Waals surface area contributed by atoms with Gasteiger partial charge in [0.15, 0.2) is 23.3 Å². The third kappa shape index (κ3) is 4.63. The summed E-state index contributed by atoms with van der Waals surface area (Å²) in [6.45, 7) is 5.13. The standard InChI is InChI=1S/C23H28N6O2/c1-4-24-23(26-15-17-6-9-25-22(12-17)29-10-5-8-27-29)28-11-7-18-13-20(30-2)21(31-3)14-19(18)16-28/h5-6,8-10,12-14H,4,7,11,15-16H2,1-3H3,(H,24,26). The number of rotatable bonds is 6. The number of hydrogen-bond donors (Lipinski definition) is 1. The first-order valence-electron chi connectivity index (χ1n) is 10.4. The third-order valence-corrected chi connectivity index (χ3v) is 5.31. The molecule has 1 aliphatic heterocycles. The van der Waals surface area contributed by atoms with E-state index < -0.39 is 0 Å². The van der Waals surface area contributed by atoms with Crippen molar-refractivity contribution in [2.45, 2.75) is 26.4 Å². The normalized spacial score (nSPS) is 13.6. The molecule has 8 heteroatoms. The van der Waals surface area contributed by atoms with Crippen molar-refractivity contribution in [3.05, 3.63) is 65.6 Å². The lowest BCUT2D eigenvalue weighted by Crippen LogP contribution is -2.44. The van der Waals surface area contributed by atoms with Crippen LogP contribution in [-0.4, -0.2) is 52.9 Å². The van der Waals surface area contributed by atoms with Gasteiger partial charge in [-0.25, -0.2) is 14.7 Å². The van der Waals surface area contributed by atoms with E-state index in [0.29, 0.717) is 6.54 Å². The molecule has 0 saturated carbocycles. The van der Waals surface area contributed by atoms with Crippen molar-refractivity contribution in [3.63, 3.8) is 0 Å². The molecule has 1 aromatic carbocycles. The number of nitrogens with zero attached hydrogens (tertiary/aromatic N) is 5. The summed E-state index contributed by atoms with van der Waals surface area (Å²) in [4.78, 5) is 11.6. The van der Waals surface area contributed by atoms with Gasteiger partial charge in [-0.05, 0) is 60.4 Å². The minimum absolute atomic E-state index is 0.564. The zero-order valence-corrected chi connectivity index (χ0v) is 18.2. The lowest BCUT2D eigenvalue weighted by molar-refractivity contribution is 0.346. The molecule has 0 fully saturated rings. The number of guanidine groups is 1. The van der Waals surface area contributed by atoms with Gasteiger partial charge in [0.05, 0.1) is 20.8 Å². The van der Waals surface area contributed by atoms with Crippen molar-refractivity contribution < 1.29 is 9.47 Å². The maximum Gasteiger partial charge on any atom is 0.194 e. The average molecular weight is 421 g/mol. The molecule has 0 saturated heterocycles. The Morgan fingerprint density at radius 3 is 2.65 bits per heavy atom. The van der Waals surface area contributed by atoms with Crippen LogP contribution in [0.1, 0.15) is 23.6 Å². The Hall–Kier alpha value is -3.55. The van der Waals surface area contributed by atoms with Crippen molar-refractivity contribution in [1.29, 1.82) is 0 Å². The predicted octanol–water partition coefficient (Wildman–Crippen LogP) is 2.81. The number of ether oxygens (including phenoxy) is 2. The summed E-state index contributed by atoms with van der Waals surface area (Å²) in [5, 5.41) is 7.69. The van der Waals surface area contributed by atoms with E-state index in [4.69, 9.17) is 14.5 Å². The van der Waals surface area contributed by atoms with Gasteiger partial charge in [0.1, 0.15) is 0 Å². The molecule has 2 aromatic heterocycles. The second-order valence-electron chi connectivity index (χ2n) is 7.29.